The minimum Gasteiger partial charge on any atom is -0.486 e. The monoisotopic (exact) mass is 388 g/mol. The molecule has 0 saturated carbocycles. The summed E-state index contributed by atoms with van der Waals surface area (Å²) in [5, 5.41) is 21.9. The molecular formula is C20H21FN2O5. The van der Waals surface area contributed by atoms with Crippen molar-refractivity contribution in [3.63, 3.8) is 0 Å². The Morgan fingerprint density at radius 2 is 2.04 bits per heavy atom. The first kappa shape index (κ1) is 19.8. The van der Waals surface area contributed by atoms with Crippen LogP contribution in [0.1, 0.15) is 15.9 Å². The van der Waals surface area contributed by atoms with E-state index in [0.717, 1.165) is 0 Å². The van der Waals surface area contributed by atoms with E-state index in [2.05, 4.69) is 5.32 Å². The van der Waals surface area contributed by atoms with Gasteiger partial charge in [-0.1, -0.05) is 12.1 Å². The summed E-state index contributed by atoms with van der Waals surface area (Å²) in [5.41, 5.74) is 0.949. The molecule has 0 aromatic heterocycles. The Morgan fingerprint density at radius 1 is 1.25 bits per heavy atom. The molecule has 1 aliphatic heterocycles. The van der Waals surface area contributed by atoms with Crippen molar-refractivity contribution < 1.29 is 28.9 Å². The summed E-state index contributed by atoms with van der Waals surface area (Å²) in [6.07, 6.45) is -1.41. The number of aromatic carboxylic acids is 1. The molecule has 0 radical (unpaired) electrons. The number of anilines is 1. The Kier molecular flexibility index (Phi) is 5.91. The molecular weight excluding hydrogens is 367 g/mol. The first-order valence-corrected chi connectivity index (χ1v) is 8.78. The number of aryl methyl sites for hydroxylation is 1. The van der Waals surface area contributed by atoms with Crippen molar-refractivity contribution in [2.24, 2.45) is 0 Å². The summed E-state index contributed by atoms with van der Waals surface area (Å²) in [5.74, 6) is -1.45. The van der Waals surface area contributed by atoms with Crippen LogP contribution in [0.25, 0.3) is 0 Å². The molecule has 1 fully saturated rings. The van der Waals surface area contributed by atoms with Crippen LogP contribution in [0.15, 0.2) is 42.5 Å². The van der Waals surface area contributed by atoms with Gasteiger partial charge in [0.1, 0.15) is 23.8 Å². The molecule has 2 aromatic carbocycles. The smallest absolute Gasteiger partial charge is 0.335 e. The molecule has 3 rings (SSSR count). The van der Waals surface area contributed by atoms with E-state index in [9.17, 15) is 19.1 Å². The molecule has 3 N–H and O–H groups in total. The summed E-state index contributed by atoms with van der Waals surface area (Å²) in [7, 11) is 0. The van der Waals surface area contributed by atoms with Gasteiger partial charge in [-0.3, -0.25) is 9.69 Å². The summed E-state index contributed by atoms with van der Waals surface area (Å²) in [4.78, 5) is 24.9. The van der Waals surface area contributed by atoms with Crippen molar-refractivity contribution >= 4 is 17.6 Å². The lowest BCUT2D eigenvalue weighted by molar-refractivity contribution is -0.117. The van der Waals surface area contributed by atoms with E-state index in [0.29, 0.717) is 23.5 Å². The van der Waals surface area contributed by atoms with Crippen LogP contribution in [-0.4, -0.2) is 58.8 Å². The normalized spacial score (nSPS) is 19.4. The minimum absolute atomic E-state index is 0.0155. The predicted molar refractivity (Wildman–Crippen MR) is 100 cm³/mol. The zero-order valence-electron chi connectivity index (χ0n) is 15.3. The highest BCUT2D eigenvalue weighted by Gasteiger charge is 2.34. The number of rotatable bonds is 6. The number of amides is 1. The Morgan fingerprint density at radius 3 is 2.75 bits per heavy atom. The average Bonchev–Trinajstić information content (AvgIpc) is 2.97. The zero-order valence-corrected chi connectivity index (χ0v) is 15.3. The average molecular weight is 388 g/mol. The molecule has 148 valence electrons. The molecule has 2 aromatic rings. The zero-order chi connectivity index (χ0) is 20.3. The summed E-state index contributed by atoms with van der Waals surface area (Å²) in [6, 6.07) is 10.5. The highest BCUT2D eigenvalue weighted by atomic mass is 19.1. The number of aliphatic hydroxyl groups excluding tert-OH is 1. The molecule has 2 atom stereocenters. The number of hydrogen-bond acceptors (Lipinski definition) is 5. The Bertz CT molecular complexity index is 889. The maximum Gasteiger partial charge on any atom is 0.335 e. The van der Waals surface area contributed by atoms with Gasteiger partial charge in [0.15, 0.2) is 0 Å². The van der Waals surface area contributed by atoms with Gasteiger partial charge >= 0.3 is 5.97 Å². The molecule has 7 nitrogen and oxygen atoms in total. The van der Waals surface area contributed by atoms with Crippen molar-refractivity contribution in [1.82, 2.24) is 4.90 Å². The van der Waals surface area contributed by atoms with Gasteiger partial charge < -0.3 is 20.3 Å². The van der Waals surface area contributed by atoms with Gasteiger partial charge in [-0.15, -0.1) is 0 Å². The van der Waals surface area contributed by atoms with E-state index in [1.54, 1.807) is 36.1 Å². The van der Waals surface area contributed by atoms with Crippen LogP contribution in [0, 0.1) is 12.7 Å². The third kappa shape index (κ3) is 4.85. The number of nitrogens with zero attached hydrogens (tertiary/aromatic N) is 1. The summed E-state index contributed by atoms with van der Waals surface area (Å²) >= 11 is 0. The second kappa shape index (κ2) is 8.37. The molecule has 0 spiro atoms. The third-order valence-electron chi connectivity index (χ3n) is 4.50. The summed E-state index contributed by atoms with van der Waals surface area (Å²) in [6.45, 7) is 2.19. The van der Waals surface area contributed by atoms with Gasteiger partial charge in [-0.05, 0) is 42.8 Å². The van der Waals surface area contributed by atoms with E-state index in [1.807, 2.05) is 0 Å². The predicted octanol–water partition coefficient (Wildman–Crippen LogP) is 1.89. The number of carbonyl (C=O) groups is 2. The fourth-order valence-electron chi connectivity index (χ4n) is 3.03. The van der Waals surface area contributed by atoms with Gasteiger partial charge in [-0.25, -0.2) is 9.18 Å². The van der Waals surface area contributed by atoms with Crippen molar-refractivity contribution in [2.75, 3.05) is 25.0 Å². The van der Waals surface area contributed by atoms with Gasteiger partial charge in [0.2, 0.25) is 5.91 Å². The lowest BCUT2D eigenvalue weighted by atomic mass is 10.2. The molecule has 1 amide bonds. The first-order chi connectivity index (χ1) is 13.3. The largest absolute Gasteiger partial charge is 0.486 e. The number of hydrogen-bond donors (Lipinski definition) is 3. The van der Waals surface area contributed by atoms with Crippen LogP contribution in [0.3, 0.4) is 0 Å². The molecule has 0 bridgehead atoms. The van der Waals surface area contributed by atoms with Gasteiger partial charge in [0.05, 0.1) is 12.1 Å². The number of β-amino-alcohol motifs (C(OH)–C–C–N with tert-alkyl or cyclic N) is 1. The van der Waals surface area contributed by atoms with E-state index < -0.39 is 24.0 Å². The molecule has 0 aliphatic carbocycles. The highest BCUT2D eigenvalue weighted by Crippen LogP contribution is 2.20. The van der Waals surface area contributed by atoms with Crippen molar-refractivity contribution in [1.29, 1.82) is 0 Å². The van der Waals surface area contributed by atoms with Crippen molar-refractivity contribution in [3.05, 3.63) is 59.4 Å². The van der Waals surface area contributed by atoms with Crippen LogP contribution < -0.4 is 10.1 Å². The molecule has 28 heavy (non-hydrogen) atoms. The fraction of sp³-hybridized carbons (Fsp3) is 0.300. The number of benzene rings is 2. The van der Waals surface area contributed by atoms with Crippen LogP contribution in [0.5, 0.6) is 5.75 Å². The number of ether oxygens (including phenoxy) is 1. The molecule has 1 heterocycles. The van der Waals surface area contributed by atoms with Crippen LogP contribution in [-0.2, 0) is 4.79 Å². The molecule has 8 heteroatoms. The quantitative estimate of drug-likeness (QED) is 0.699. The Hall–Kier alpha value is -2.97. The standard InChI is InChI=1S/C20H21FN2O5/c1-12-5-6-14(8-16(12)21)22-19(25)11-23-9-17(24)18(10-23)28-15-4-2-3-13(7-15)20(26)27/h2-8,17-18,24H,9-11H2,1H3,(H,22,25)(H,26,27)/t17-,18-/m1/s1. The van der Waals surface area contributed by atoms with E-state index in [4.69, 9.17) is 9.84 Å². The molecule has 0 unspecified atom stereocenters. The van der Waals surface area contributed by atoms with E-state index in [1.165, 1.54) is 18.2 Å². The SMILES string of the molecule is Cc1ccc(NC(=O)CN2C[C@@H](O)[C@H](Oc3cccc(C(=O)O)c3)C2)cc1F. The Balaban J connectivity index is 1.55. The topological polar surface area (TPSA) is 99.1 Å². The maximum absolute atomic E-state index is 13.6. The van der Waals surface area contributed by atoms with Gasteiger partial charge in [-0.2, -0.15) is 0 Å². The summed E-state index contributed by atoms with van der Waals surface area (Å²) < 4.78 is 19.3. The third-order valence-corrected chi connectivity index (χ3v) is 4.50. The first-order valence-electron chi connectivity index (χ1n) is 8.78. The lowest BCUT2D eigenvalue weighted by Gasteiger charge is -2.17. The van der Waals surface area contributed by atoms with Crippen LogP contribution >= 0.6 is 0 Å². The number of carbonyl (C=O) groups excluding carboxylic acids is 1. The number of carboxylic acid groups (broad SMARTS) is 1. The van der Waals surface area contributed by atoms with Crippen molar-refractivity contribution in [3.8, 4) is 5.75 Å². The number of halogens is 1. The number of aliphatic hydroxyl groups is 1. The molecule has 1 aliphatic rings. The number of likely N-dealkylation sites (tertiary alicyclic amines) is 1. The van der Waals surface area contributed by atoms with Crippen molar-refractivity contribution in [2.45, 2.75) is 19.1 Å². The van der Waals surface area contributed by atoms with Gasteiger partial charge in [0.25, 0.3) is 0 Å². The van der Waals surface area contributed by atoms with E-state index >= 15 is 0 Å². The maximum atomic E-state index is 13.6. The highest BCUT2D eigenvalue weighted by molar-refractivity contribution is 5.92. The van der Waals surface area contributed by atoms with Crippen LogP contribution in [0.2, 0.25) is 0 Å². The second-order valence-corrected chi connectivity index (χ2v) is 6.76. The van der Waals surface area contributed by atoms with Gasteiger partial charge in [0, 0.05) is 18.8 Å². The number of carboxylic acids is 1. The fourth-order valence-corrected chi connectivity index (χ4v) is 3.03. The lowest BCUT2D eigenvalue weighted by Crippen LogP contribution is -2.33. The molecule has 1 saturated heterocycles. The van der Waals surface area contributed by atoms with E-state index in [-0.39, 0.29) is 24.6 Å². The minimum atomic E-state index is -1.07. The second-order valence-electron chi connectivity index (χ2n) is 6.76. The number of nitrogens with one attached hydrogen (secondary N) is 1. The van der Waals surface area contributed by atoms with Crippen LogP contribution in [0.4, 0.5) is 10.1 Å². The Labute approximate surface area is 161 Å².